The Kier molecular flexibility index (Phi) is 8.51. The van der Waals surface area contributed by atoms with Gasteiger partial charge in [-0.2, -0.15) is 4.31 Å². The number of carbonyl (C=O) groups is 1. The molecule has 0 fully saturated rings. The molecular formula is C27H31FN2O5S2. The van der Waals surface area contributed by atoms with Crippen molar-refractivity contribution < 1.29 is 27.1 Å². The van der Waals surface area contributed by atoms with Crippen molar-refractivity contribution in [1.82, 2.24) is 9.21 Å². The fourth-order valence-electron chi connectivity index (χ4n) is 4.39. The van der Waals surface area contributed by atoms with E-state index in [4.69, 9.17) is 9.47 Å². The standard InChI is InChI=1S/C27H31FN2O5S2/c1-4-19(2)30(37(32,33)21-11-9-20(34-3)10-12-21)17-27(31)29-15-13-26-22(14-16-36-26)24(29)18-35-25-8-6-5-7-23(25)28/h5-12,14,16,19,24H,4,13,15,17-18H2,1-3H3. The smallest absolute Gasteiger partial charge is 0.243 e. The van der Waals surface area contributed by atoms with E-state index in [1.807, 2.05) is 18.4 Å². The van der Waals surface area contributed by atoms with E-state index in [2.05, 4.69) is 0 Å². The van der Waals surface area contributed by atoms with E-state index in [-0.39, 0.29) is 29.7 Å². The predicted molar refractivity (Wildman–Crippen MR) is 141 cm³/mol. The molecule has 1 amide bonds. The van der Waals surface area contributed by atoms with Gasteiger partial charge in [0.15, 0.2) is 11.6 Å². The molecule has 0 N–H and O–H groups in total. The van der Waals surface area contributed by atoms with Crippen molar-refractivity contribution in [1.29, 1.82) is 0 Å². The zero-order chi connectivity index (χ0) is 26.6. The van der Waals surface area contributed by atoms with Crippen molar-refractivity contribution in [2.75, 3.05) is 26.8 Å². The van der Waals surface area contributed by atoms with Gasteiger partial charge in [-0.25, -0.2) is 12.8 Å². The second-order valence-electron chi connectivity index (χ2n) is 8.88. The van der Waals surface area contributed by atoms with Gasteiger partial charge >= 0.3 is 0 Å². The molecule has 2 heterocycles. The Morgan fingerprint density at radius 1 is 1.19 bits per heavy atom. The maximum absolute atomic E-state index is 14.2. The Morgan fingerprint density at radius 2 is 1.92 bits per heavy atom. The summed E-state index contributed by atoms with van der Waals surface area (Å²) >= 11 is 1.61. The number of hydrogen-bond acceptors (Lipinski definition) is 6. The molecule has 0 saturated carbocycles. The number of halogens is 1. The number of para-hydroxylation sites is 1. The number of ether oxygens (including phenoxy) is 2. The molecule has 2 atom stereocenters. The Labute approximate surface area is 221 Å². The van der Waals surface area contributed by atoms with E-state index in [9.17, 15) is 17.6 Å². The summed E-state index contributed by atoms with van der Waals surface area (Å²) in [6.07, 6.45) is 1.21. The summed E-state index contributed by atoms with van der Waals surface area (Å²) in [4.78, 5) is 16.6. The van der Waals surface area contributed by atoms with Gasteiger partial charge in [0.2, 0.25) is 15.9 Å². The van der Waals surface area contributed by atoms with Gasteiger partial charge in [0.25, 0.3) is 0 Å². The number of hydrogen-bond donors (Lipinski definition) is 0. The third-order valence-electron chi connectivity index (χ3n) is 6.69. The average molecular weight is 547 g/mol. The summed E-state index contributed by atoms with van der Waals surface area (Å²) in [7, 11) is -2.44. The lowest BCUT2D eigenvalue weighted by Crippen LogP contribution is -2.49. The fourth-order valence-corrected chi connectivity index (χ4v) is 6.98. The van der Waals surface area contributed by atoms with Gasteiger partial charge in [-0.05, 0) is 73.2 Å². The predicted octanol–water partition coefficient (Wildman–Crippen LogP) is 4.89. The lowest BCUT2D eigenvalue weighted by atomic mass is 10.0. The van der Waals surface area contributed by atoms with Crippen LogP contribution in [0.1, 0.15) is 36.8 Å². The third kappa shape index (κ3) is 5.81. The Balaban J connectivity index is 1.59. The van der Waals surface area contributed by atoms with Crippen LogP contribution in [0.3, 0.4) is 0 Å². The minimum atomic E-state index is -3.95. The van der Waals surface area contributed by atoms with Crippen LogP contribution in [-0.4, -0.2) is 56.4 Å². The highest BCUT2D eigenvalue weighted by molar-refractivity contribution is 7.89. The normalized spacial score (nSPS) is 16.4. The second kappa shape index (κ2) is 11.6. The van der Waals surface area contributed by atoms with Crippen molar-refractivity contribution in [3.05, 3.63) is 76.2 Å². The fraction of sp³-hybridized carbons (Fsp3) is 0.370. The summed E-state index contributed by atoms with van der Waals surface area (Å²) < 4.78 is 53.6. The van der Waals surface area contributed by atoms with Crippen molar-refractivity contribution in [2.45, 2.75) is 43.7 Å². The summed E-state index contributed by atoms with van der Waals surface area (Å²) in [6.45, 7) is 3.86. The van der Waals surface area contributed by atoms with Crippen LogP contribution in [0.2, 0.25) is 0 Å². The lowest BCUT2D eigenvalue weighted by molar-refractivity contribution is -0.135. The van der Waals surface area contributed by atoms with Crippen LogP contribution in [0.5, 0.6) is 11.5 Å². The number of rotatable bonds is 10. The van der Waals surface area contributed by atoms with Crippen LogP contribution in [-0.2, 0) is 21.2 Å². The van der Waals surface area contributed by atoms with Gasteiger partial charge in [-0.1, -0.05) is 19.1 Å². The highest BCUT2D eigenvalue weighted by atomic mass is 32.2. The molecule has 1 aliphatic heterocycles. The topological polar surface area (TPSA) is 76.2 Å². The average Bonchev–Trinajstić information content (AvgIpc) is 3.39. The Morgan fingerprint density at radius 3 is 2.59 bits per heavy atom. The molecule has 4 rings (SSSR count). The molecule has 0 saturated heterocycles. The Bertz CT molecular complexity index is 1330. The number of nitrogens with zero attached hydrogens (tertiary/aromatic N) is 2. The molecule has 0 radical (unpaired) electrons. The van der Waals surface area contributed by atoms with E-state index in [0.29, 0.717) is 25.1 Å². The van der Waals surface area contributed by atoms with E-state index in [0.717, 1.165) is 10.4 Å². The zero-order valence-corrected chi connectivity index (χ0v) is 22.7. The molecule has 1 aliphatic rings. The van der Waals surface area contributed by atoms with Crippen LogP contribution in [0.25, 0.3) is 0 Å². The SMILES string of the molecule is CCC(C)N(CC(=O)N1CCc2sccc2C1COc1ccccc1F)S(=O)(=O)c1ccc(OC)cc1. The third-order valence-corrected chi connectivity index (χ3v) is 9.66. The van der Waals surface area contributed by atoms with Gasteiger partial charge in [0, 0.05) is 17.5 Å². The van der Waals surface area contributed by atoms with Crippen LogP contribution >= 0.6 is 11.3 Å². The van der Waals surface area contributed by atoms with Gasteiger partial charge in [0.1, 0.15) is 12.4 Å². The second-order valence-corrected chi connectivity index (χ2v) is 11.8. The quantitative estimate of drug-likeness (QED) is 0.362. The first kappa shape index (κ1) is 27.1. The zero-order valence-electron chi connectivity index (χ0n) is 21.1. The van der Waals surface area contributed by atoms with E-state index >= 15 is 0 Å². The summed E-state index contributed by atoms with van der Waals surface area (Å²) in [5.41, 5.74) is 0.953. The van der Waals surface area contributed by atoms with Gasteiger partial charge in [-0.15, -0.1) is 11.3 Å². The van der Waals surface area contributed by atoms with Crippen LogP contribution in [0.4, 0.5) is 4.39 Å². The minimum Gasteiger partial charge on any atom is -0.497 e. The molecule has 0 aliphatic carbocycles. The van der Waals surface area contributed by atoms with Crippen molar-refractivity contribution >= 4 is 27.3 Å². The monoisotopic (exact) mass is 546 g/mol. The number of benzene rings is 2. The van der Waals surface area contributed by atoms with Crippen molar-refractivity contribution in [3.8, 4) is 11.5 Å². The van der Waals surface area contributed by atoms with Gasteiger partial charge < -0.3 is 14.4 Å². The summed E-state index contributed by atoms with van der Waals surface area (Å²) in [5.74, 6) is -0.144. The van der Waals surface area contributed by atoms with Gasteiger partial charge in [0.05, 0.1) is 24.6 Å². The first-order valence-corrected chi connectivity index (χ1v) is 14.5. The minimum absolute atomic E-state index is 0.0605. The highest BCUT2D eigenvalue weighted by Crippen LogP contribution is 2.34. The molecule has 7 nitrogen and oxygen atoms in total. The number of carbonyl (C=O) groups excluding carboxylic acids is 1. The van der Waals surface area contributed by atoms with E-state index in [1.54, 1.807) is 53.5 Å². The van der Waals surface area contributed by atoms with E-state index < -0.39 is 27.9 Å². The molecule has 0 spiro atoms. The molecular weight excluding hydrogens is 515 g/mol. The summed E-state index contributed by atoms with van der Waals surface area (Å²) in [6, 6.07) is 13.4. The number of methoxy groups -OCH3 is 1. The first-order chi connectivity index (χ1) is 17.8. The molecule has 37 heavy (non-hydrogen) atoms. The molecule has 10 heteroatoms. The molecule has 198 valence electrons. The lowest BCUT2D eigenvalue weighted by Gasteiger charge is -2.37. The van der Waals surface area contributed by atoms with Gasteiger partial charge in [-0.3, -0.25) is 4.79 Å². The van der Waals surface area contributed by atoms with Crippen LogP contribution in [0.15, 0.2) is 64.9 Å². The summed E-state index contributed by atoms with van der Waals surface area (Å²) in [5, 5.41) is 1.97. The number of amides is 1. The van der Waals surface area contributed by atoms with Crippen LogP contribution < -0.4 is 9.47 Å². The largest absolute Gasteiger partial charge is 0.497 e. The molecule has 0 bridgehead atoms. The maximum atomic E-state index is 14.2. The van der Waals surface area contributed by atoms with Crippen LogP contribution in [0, 0.1) is 5.82 Å². The molecule has 1 aromatic heterocycles. The first-order valence-electron chi connectivity index (χ1n) is 12.1. The maximum Gasteiger partial charge on any atom is 0.243 e. The highest BCUT2D eigenvalue weighted by Gasteiger charge is 2.36. The Hall–Kier alpha value is -2.95. The molecule has 3 aromatic rings. The number of thiophene rings is 1. The molecule has 2 unspecified atom stereocenters. The molecule has 2 aromatic carbocycles. The van der Waals surface area contributed by atoms with Crippen molar-refractivity contribution in [2.24, 2.45) is 0 Å². The van der Waals surface area contributed by atoms with E-state index in [1.165, 1.54) is 29.6 Å². The van der Waals surface area contributed by atoms with Crippen molar-refractivity contribution in [3.63, 3.8) is 0 Å². The number of sulfonamides is 1. The number of fused-ring (bicyclic) bond motifs is 1.